The van der Waals surface area contributed by atoms with Crippen LogP contribution in [0.5, 0.6) is 0 Å². The largest absolute Gasteiger partial charge is 0.501 e. The van der Waals surface area contributed by atoms with Gasteiger partial charge in [0.2, 0.25) is 0 Å². The van der Waals surface area contributed by atoms with Crippen LogP contribution in [0.4, 0.5) is 0 Å². The molecular weight excluding hydrogens is 499 g/mol. The van der Waals surface area contributed by atoms with Gasteiger partial charge in [0.05, 0.1) is 39.6 Å². The summed E-state index contributed by atoms with van der Waals surface area (Å²) in [6.07, 6.45) is 4.50. The van der Waals surface area contributed by atoms with Crippen molar-refractivity contribution in [1.29, 1.82) is 0 Å². The third-order valence-electron chi connectivity index (χ3n) is 7.32. The minimum absolute atomic E-state index is 0.282. The second-order valence-electron chi connectivity index (χ2n) is 9.67. The monoisotopic (exact) mass is 540 g/mol. The molecule has 196 valence electrons. The second-order valence-corrected chi connectivity index (χ2v) is 17.6. The van der Waals surface area contributed by atoms with Crippen molar-refractivity contribution in [2.24, 2.45) is 0 Å². The van der Waals surface area contributed by atoms with E-state index in [1.807, 2.05) is 0 Å². The summed E-state index contributed by atoms with van der Waals surface area (Å²) in [6.45, 7) is 10.3. The van der Waals surface area contributed by atoms with E-state index in [-0.39, 0.29) is 7.92 Å². The first kappa shape index (κ1) is 26.4. The fraction of sp³-hybridized carbons (Fsp3) is 0.750. The van der Waals surface area contributed by atoms with Gasteiger partial charge in [-0.05, 0) is 30.5 Å². The molecule has 0 atom stereocenters. The summed E-state index contributed by atoms with van der Waals surface area (Å²) >= 11 is 0. The molecule has 6 fully saturated rings. The molecule has 35 heavy (non-hydrogen) atoms. The number of nitrogens with zero attached hydrogens (tertiary/aromatic N) is 2. The molecule has 0 spiro atoms. The molecule has 11 heteroatoms. The number of hydrogen-bond acceptors (Lipinski definition) is 8. The lowest BCUT2D eigenvalue weighted by Crippen LogP contribution is -2.55. The van der Waals surface area contributed by atoms with Crippen LogP contribution < -0.4 is 5.30 Å². The van der Waals surface area contributed by atoms with Gasteiger partial charge in [-0.2, -0.15) is 0 Å². The lowest BCUT2D eigenvalue weighted by Gasteiger charge is -2.38. The summed E-state index contributed by atoms with van der Waals surface area (Å²) < 4.78 is 37.6. The third-order valence-corrected chi connectivity index (χ3v) is 15.9. The lowest BCUT2D eigenvalue weighted by molar-refractivity contribution is -0.00873. The fourth-order valence-electron chi connectivity index (χ4n) is 5.32. The molecule has 4 bridgehead atoms. The molecule has 7 rings (SSSR count). The van der Waals surface area contributed by atoms with E-state index in [1.54, 1.807) is 0 Å². The smallest absolute Gasteiger partial charge is 0.372 e. The molecule has 6 aliphatic heterocycles. The maximum atomic E-state index is 6.27. The first-order valence-corrected chi connectivity index (χ1v) is 18.9. The Balaban J connectivity index is 1.17. The van der Waals surface area contributed by atoms with Crippen LogP contribution in [0.15, 0.2) is 30.3 Å². The molecule has 0 aliphatic carbocycles. The molecule has 0 aromatic heterocycles. The summed E-state index contributed by atoms with van der Waals surface area (Å²) in [7, 11) is -5.39. The number of benzene rings is 1. The Labute approximate surface area is 213 Å². The topological polar surface area (TPSA) is 61.9 Å². The van der Waals surface area contributed by atoms with E-state index >= 15 is 0 Å². The number of fused-ring (bicyclic) bond motifs is 12. The Morgan fingerprint density at radius 3 is 1.31 bits per heavy atom. The van der Waals surface area contributed by atoms with Crippen LogP contribution in [0.1, 0.15) is 12.8 Å². The zero-order chi connectivity index (χ0) is 23.8. The van der Waals surface area contributed by atoms with E-state index in [0.717, 1.165) is 104 Å². The summed E-state index contributed by atoms with van der Waals surface area (Å²) in [5, 5.41) is 1.48. The normalized spacial score (nSPS) is 34.7. The number of rotatable bonds is 9. The van der Waals surface area contributed by atoms with E-state index in [4.69, 9.17) is 26.6 Å². The van der Waals surface area contributed by atoms with Crippen LogP contribution in [-0.4, -0.2) is 119 Å². The molecule has 6 heterocycles. The average molecular weight is 541 g/mol. The second kappa shape index (κ2) is 13.0. The highest BCUT2D eigenvalue weighted by Gasteiger charge is 2.44. The van der Waals surface area contributed by atoms with Crippen LogP contribution in [0.25, 0.3) is 0 Å². The molecular formula is C24H41N2O6PSi2. The SMILES string of the molecule is c1ccc(P(CCC[Si]23OCCN(CCO2)CCO3)CCC[Si]23OCCN(CCO2)CCO3)cc1. The van der Waals surface area contributed by atoms with Gasteiger partial charge < -0.3 is 26.6 Å². The lowest BCUT2D eigenvalue weighted by atomic mass is 10.4. The zero-order valence-corrected chi connectivity index (χ0v) is 23.8. The van der Waals surface area contributed by atoms with Gasteiger partial charge in [0.1, 0.15) is 0 Å². The van der Waals surface area contributed by atoms with Crippen molar-refractivity contribution < 1.29 is 26.6 Å². The minimum Gasteiger partial charge on any atom is -0.372 e. The summed E-state index contributed by atoms with van der Waals surface area (Å²) in [5.41, 5.74) is 0. The van der Waals surface area contributed by atoms with Crippen molar-refractivity contribution in [1.82, 2.24) is 9.80 Å². The van der Waals surface area contributed by atoms with Gasteiger partial charge in [-0.15, -0.1) is 0 Å². The Hall–Kier alpha value is -0.236. The standard InChI is InChI=1S/C24H41N2O6PSi2/c1-2-6-24(7-3-1)33(20-4-22-34-27-14-8-25(9-15-28-34)10-16-29-34)21-5-23-35-30-17-11-26(12-18-31-35)13-19-32-35/h1-3,6-7H,4-5,8-23H2. The summed E-state index contributed by atoms with van der Waals surface area (Å²) in [4.78, 5) is 4.74. The van der Waals surface area contributed by atoms with Crippen molar-refractivity contribution in [2.75, 3.05) is 91.2 Å². The highest BCUT2D eigenvalue weighted by molar-refractivity contribution is 7.65. The van der Waals surface area contributed by atoms with Gasteiger partial charge in [0.25, 0.3) is 0 Å². The van der Waals surface area contributed by atoms with Gasteiger partial charge in [-0.3, -0.25) is 9.80 Å². The summed E-state index contributed by atoms with van der Waals surface area (Å²) in [6, 6.07) is 12.9. The van der Waals surface area contributed by atoms with Gasteiger partial charge in [-0.25, -0.2) is 0 Å². The van der Waals surface area contributed by atoms with E-state index in [9.17, 15) is 0 Å². The van der Waals surface area contributed by atoms with Crippen molar-refractivity contribution >= 4 is 30.8 Å². The Bertz CT molecular complexity index is 685. The molecule has 0 unspecified atom stereocenters. The zero-order valence-electron chi connectivity index (χ0n) is 20.9. The van der Waals surface area contributed by atoms with Gasteiger partial charge in [-0.1, -0.05) is 38.3 Å². The molecule has 1 aromatic rings. The average Bonchev–Trinajstić information content (AvgIpc) is 2.79. The quantitative estimate of drug-likeness (QED) is 0.349. The molecule has 8 nitrogen and oxygen atoms in total. The third kappa shape index (κ3) is 7.42. The Morgan fingerprint density at radius 2 is 0.943 bits per heavy atom. The molecule has 0 amide bonds. The summed E-state index contributed by atoms with van der Waals surface area (Å²) in [5.74, 6) is 0. The Kier molecular flexibility index (Phi) is 9.81. The number of hydrogen-bond donors (Lipinski definition) is 0. The van der Waals surface area contributed by atoms with Crippen LogP contribution >= 0.6 is 7.92 Å². The molecule has 6 aliphatic rings. The van der Waals surface area contributed by atoms with Crippen LogP contribution in [-0.2, 0) is 26.6 Å². The molecule has 0 saturated carbocycles. The van der Waals surface area contributed by atoms with Crippen molar-refractivity contribution in [3.8, 4) is 0 Å². The molecule has 0 N–H and O–H groups in total. The van der Waals surface area contributed by atoms with E-state index in [0.29, 0.717) is 0 Å². The first-order chi connectivity index (χ1) is 17.2. The maximum absolute atomic E-state index is 6.27. The maximum Gasteiger partial charge on any atom is 0.501 e. The van der Waals surface area contributed by atoms with E-state index in [2.05, 4.69) is 40.1 Å². The predicted octanol–water partition coefficient (Wildman–Crippen LogP) is 2.21. The van der Waals surface area contributed by atoms with Crippen molar-refractivity contribution in [3.05, 3.63) is 30.3 Å². The highest BCUT2D eigenvalue weighted by atomic mass is 31.1. The van der Waals surface area contributed by atoms with Crippen molar-refractivity contribution in [3.63, 3.8) is 0 Å². The highest BCUT2D eigenvalue weighted by Crippen LogP contribution is 2.39. The van der Waals surface area contributed by atoms with E-state index in [1.165, 1.54) is 17.6 Å². The predicted molar refractivity (Wildman–Crippen MR) is 142 cm³/mol. The molecule has 6 saturated heterocycles. The van der Waals surface area contributed by atoms with Gasteiger partial charge >= 0.3 is 17.6 Å². The van der Waals surface area contributed by atoms with E-state index < -0.39 is 17.6 Å². The molecule has 0 radical (unpaired) electrons. The van der Waals surface area contributed by atoms with Crippen molar-refractivity contribution in [2.45, 2.75) is 24.9 Å². The fourth-order valence-corrected chi connectivity index (χ4v) is 13.3. The van der Waals surface area contributed by atoms with Crippen LogP contribution in [0.2, 0.25) is 12.1 Å². The first-order valence-electron chi connectivity index (χ1n) is 13.3. The molecule has 1 aromatic carbocycles. The minimum atomic E-state index is -2.56. The Morgan fingerprint density at radius 1 is 0.571 bits per heavy atom. The van der Waals surface area contributed by atoms with Gasteiger partial charge in [0, 0.05) is 51.4 Å². The van der Waals surface area contributed by atoms with Gasteiger partial charge in [0.15, 0.2) is 0 Å². The van der Waals surface area contributed by atoms with Crippen LogP contribution in [0.3, 0.4) is 0 Å². The van der Waals surface area contributed by atoms with Crippen LogP contribution in [0, 0.1) is 0 Å².